The monoisotopic (exact) mass is 806 g/mol. The first-order chi connectivity index (χ1) is 26.5. The topological polar surface area (TPSA) is 204 Å². The number of rotatable bonds is 35. The summed E-state index contributed by atoms with van der Waals surface area (Å²) in [5.74, 6) is -1.34. The summed E-state index contributed by atoms with van der Waals surface area (Å²) in [6.45, 7) is 3.30. The van der Waals surface area contributed by atoms with E-state index in [9.17, 15) is 34.4 Å². The molecule has 14 heteroatoms. The summed E-state index contributed by atoms with van der Waals surface area (Å²) in [5.41, 5.74) is 5.34. The molecule has 1 rings (SSSR count). The van der Waals surface area contributed by atoms with Crippen LogP contribution in [-0.4, -0.2) is 89.2 Å². The number of aliphatic hydroxyl groups is 3. The van der Waals surface area contributed by atoms with Crippen LogP contribution >= 0.6 is 7.82 Å². The molecule has 55 heavy (non-hydrogen) atoms. The number of hydrogen-bond acceptors (Lipinski definition) is 12. The van der Waals surface area contributed by atoms with Crippen molar-refractivity contribution >= 4 is 19.8 Å². The molecule has 1 saturated heterocycles. The number of hydrogen-bond donors (Lipinski definition) is 5. The molecular weight excluding hydrogens is 729 g/mol. The predicted octanol–water partition coefficient (Wildman–Crippen LogP) is 7.71. The van der Waals surface area contributed by atoms with Gasteiger partial charge in [0.25, 0.3) is 0 Å². The molecule has 6 N–H and O–H groups in total. The molecule has 1 aliphatic rings. The number of carbonyl (C=O) groups is 2. The molecule has 1 fully saturated rings. The molecule has 13 nitrogen and oxygen atoms in total. The summed E-state index contributed by atoms with van der Waals surface area (Å²) in [5, 5.41) is 30.9. The van der Waals surface area contributed by atoms with Crippen LogP contribution in [0.4, 0.5) is 0 Å². The SMILES string of the molecule is CCCCCCCCCCCCCCCC(=O)OC[C@H](COP(=O)(O)OCCN)OC(=O)CCC/C=C\C[C@H]1[C@@H](O)CC(O)O[C@@H]1/C=C/[C@@H](O)CCCCC. The van der Waals surface area contributed by atoms with Crippen LogP contribution < -0.4 is 5.73 Å². The molecule has 1 aliphatic heterocycles. The van der Waals surface area contributed by atoms with E-state index in [0.717, 1.165) is 38.5 Å². The lowest BCUT2D eigenvalue weighted by atomic mass is 9.87. The first-order valence-corrected chi connectivity index (χ1v) is 22.7. The lowest BCUT2D eigenvalue weighted by Gasteiger charge is -2.36. The molecule has 1 heterocycles. The van der Waals surface area contributed by atoms with Crippen molar-refractivity contribution < 1.29 is 57.6 Å². The van der Waals surface area contributed by atoms with Gasteiger partial charge >= 0.3 is 19.8 Å². The Morgan fingerprint density at radius 1 is 0.818 bits per heavy atom. The largest absolute Gasteiger partial charge is 0.472 e. The second kappa shape index (κ2) is 33.3. The third-order valence-electron chi connectivity index (χ3n) is 9.64. The number of ether oxygens (including phenoxy) is 3. The highest BCUT2D eigenvalue weighted by Crippen LogP contribution is 2.43. The third kappa shape index (κ3) is 28.4. The fourth-order valence-electron chi connectivity index (χ4n) is 6.38. The molecule has 0 spiro atoms. The van der Waals surface area contributed by atoms with Gasteiger partial charge in [-0.25, -0.2) is 4.57 Å². The van der Waals surface area contributed by atoms with Gasteiger partial charge in [-0.2, -0.15) is 0 Å². The van der Waals surface area contributed by atoms with Gasteiger partial charge in [0.2, 0.25) is 0 Å². The summed E-state index contributed by atoms with van der Waals surface area (Å²) < 4.78 is 38.4. The number of carbonyl (C=O) groups excluding carboxylic acids is 2. The molecule has 0 aliphatic carbocycles. The zero-order valence-electron chi connectivity index (χ0n) is 33.9. The maximum absolute atomic E-state index is 12.7. The van der Waals surface area contributed by atoms with Crippen LogP contribution in [-0.2, 0) is 37.4 Å². The van der Waals surface area contributed by atoms with Crippen LogP contribution in [0.15, 0.2) is 24.3 Å². The van der Waals surface area contributed by atoms with Crippen LogP contribution in [0.25, 0.3) is 0 Å². The molecule has 0 radical (unpaired) electrons. The molecule has 0 amide bonds. The fraction of sp³-hybridized carbons (Fsp3) is 0.854. The lowest BCUT2D eigenvalue weighted by molar-refractivity contribution is -0.199. The zero-order chi connectivity index (χ0) is 40.6. The van der Waals surface area contributed by atoms with Crippen molar-refractivity contribution in [1.82, 2.24) is 0 Å². The van der Waals surface area contributed by atoms with Gasteiger partial charge in [0.1, 0.15) is 6.61 Å². The Morgan fingerprint density at radius 2 is 1.42 bits per heavy atom. The summed E-state index contributed by atoms with van der Waals surface area (Å²) >= 11 is 0. The van der Waals surface area contributed by atoms with Crippen molar-refractivity contribution in [3.63, 3.8) is 0 Å². The average Bonchev–Trinajstić information content (AvgIpc) is 3.15. The zero-order valence-corrected chi connectivity index (χ0v) is 34.8. The molecule has 0 saturated carbocycles. The van der Waals surface area contributed by atoms with Crippen LogP contribution in [0.3, 0.4) is 0 Å². The maximum atomic E-state index is 12.7. The number of aliphatic hydroxyl groups excluding tert-OH is 3. The van der Waals surface area contributed by atoms with E-state index >= 15 is 0 Å². The van der Waals surface area contributed by atoms with Crippen molar-refractivity contribution in [3.8, 4) is 0 Å². The van der Waals surface area contributed by atoms with E-state index < -0.39 is 57.1 Å². The standard InChI is InChI=1S/C41H76NO12P/c1-3-5-7-8-9-10-11-12-13-14-15-16-21-25-39(45)50-32-35(33-52-55(48,49)51-30-29-42)53-40(46)26-22-18-17-20-24-36-37(44)31-41(47)54-38(36)28-27-34(43)23-19-6-4-2/h17,20,27-28,34-38,41,43-44,47H,3-16,18-19,21-26,29-33,42H2,1-2H3,(H,48,49)/b20-17-,28-27+/t34-,35+,36-,37-,38+,41?/m0/s1. The van der Waals surface area contributed by atoms with E-state index in [0.29, 0.717) is 32.1 Å². The number of unbranched alkanes of at least 4 members (excludes halogenated alkanes) is 15. The Labute approximate surface area is 331 Å². The van der Waals surface area contributed by atoms with Crippen LogP contribution in [0, 0.1) is 5.92 Å². The van der Waals surface area contributed by atoms with E-state index in [4.69, 9.17) is 29.0 Å². The Bertz CT molecular complexity index is 1080. The Kier molecular flexibility index (Phi) is 31.1. The van der Waals surface area contributed by atoms with Crippen LogP contribution in [0.1, 0.15) is 162 Å². The van der Waals surface area contributed by atoms with Gasteiger partial charge in [0.05, 0.1) is 31.5 Å². The van der Waals surface area contributed by atoms with Gasteiger partial charge in [-0.05, 0) is 32.1 Å². The molecule has 2 unspecified atom stereocenters. The number of phosphoric acid groups is 1. The maximum Gasteiger partial charge on any atom is 0.472 e. The minimum absolute atomic E-state index is 0.0106. The first-order valence-electron chi connectivity index (χ1n) is 21.2. The van der Waals surface area contributed by atoms with E-state index in [1.807, 2.05) is 12.2 Å². The van der Waals surface area contributed by atoms with Crippen molar-refractivity contribution in [3.05, 3.63) is 24.3 Å². The van der Waals surface area contributed by atoms with E-state index in [2.05, 4.69) is 13.8 Å². The quantitative estimate of drug-likeness (QED) is 0.0180. The molecule has 0 bridgehead atoms. The normalized spacial score (nSPS) is 21.1. The molecule has 7 atom stereocenters. The summed E-state index contributed by atoms with van der Waals surface area (Å²) in [7, 11) is -4.45. The summed E-state index contributed by atoms with van der Waals surface area (Å²) in [6.07, 6.45) is 24.0. The minimum Gasteiger partial charge on any atom is -0.462 e. The average molecular weight is 806 g/mol. The predicted molar refractivity (Wildman–Crippen MR) is 214 cm³/mol. The van der Waals surface area contributed by atoms with E-state index in [1.54, 1.807) is 12.2 Å². The van der Waals surface area contributed by atoms with Gasteiger partial charge in [0, 0.05) is 31.7 Å². The minimum atomic E-state index is -4.45. The number of nitrogens with two attached hydrogens (primary N) is 1. The highest BCUT2D eigenvalue weighted by molar-refractivity contribution is 7.47. The third-order valence-corrected chi connectivity index (χ3v) is 10.6. The van der Waals surface area contributed by atoms with Crippen molar-refractivity contribution in [1.29, 1.82) is 0 Å². The van der Waals surface area contributed by atoms with Gasteiger partial charge in [-0.3, -0.25) is 18.6 Å². The smallest absolute Gasteiger partial charge is 0.462 e. The second-order valence-electron chi connectivity index (χ2n) is 14.7. The van der Waals surface area contributed by atoms with Crippen LogP contribution in [0.5, 0.6) is 0 Å². The second-order valence-corrected chi connectivity index (χ2v) is 16.2. The molecular formula is C41H76NO12P. The number of phosphoric ester groups is 1. The molecule has 322 valence electrons. The van der Waals surface area contributed by atoms with Crippen molar-refractivity contribution in [2.45, 2.75) is 192 Å². The highest BCUT2D eigenvalue weighted by atomic mass is 31.2. The van der Waals surface area contributed by atoms with Gasteiger partial charge in [0.15, 0.2) is 12.4 Å². The Morgan fingerprint density at radius 3 is 2.05 bits per heavy atom. The Hall–Kier alpha value is -1.67. The van der Waals surface area contributed by atoms with Crippen molar-refractivity contribution in [2.75, 3.05) is 26.4 Å². The fourth-order valence-corrected chi connectivity index (χ4v) is 7.14. The Balaban J connectivity index is 2.47. The van der Waals surface area contributed by atoms with Gasteiger partial charge in [-0.1, -0.05) is 134 Å². The number of esters is 2. The first kappa shape index (κ1) is 51.3. The number of allylic oxidation sites excluding steroid dienone is 2. The highest BCUT2D eigenvalue weighted by Gasteiger charge is 2.35. The molecule has 0 aromatic rings. The van der Waals surface area contributed by atoms with Crippen molar-refractivity contribution in [2.24, 2.45) is 11.7 Å². The summed E-state index contributed by atoms with van der Waals surface area (Å²) in [6, 6.07) is 0. The molecule has 0 aromatic carbocycles. The molecule has 0 aromatic heterocycles. The summed E-state index contributed by atoms with van der Waals surface area (Å²) in [4.78, 5) is 35.0. The van der Waals surface area contributed by atoms with Gasteiger partial charge < -0.3 is 40.2 Å². The van der Waals surface area contributed by atoms with E-state index in [-0.39, 0.29) is 44.9 Å². The van der Waals surface area contributed by atoms with Crippen LogP contribution in [0.2, 0.25) is 0 Å². The lowest BCUT2D eigenvalue weighted by Crippen LogP contribution is -2.43. The van der Waals surface area contributed by atoms with E-state index in [1.165, 1.54) is 57.8 Å². The van der Waals surface area contributed by atoms with Gasteiger partial charge in [-0.15, -0.1) is 0 Å².